The number of aryl methyl sites for hydroxylation is 1. The van der Waals surface area contributed by atoms with Gasteiger partial charge in [0, 0.05) is 18.0 Å². The number of H-pyrrole nitrogens is 1. The van der Waals surface area contributed by atoms with Crippen molar-refractivity contribution in [2.24, 2.45) is 0 Å². The summed E-state index contributed by atoms with van der Waals surface area (Å²) in [5.74, 6) is -1.10. The number of halogens is 2. The maximum absolute atomic E-state index is 13.6. The van der Waals surface area contributed by atoms with Crippen LogP contribution in [0.2, 0.25) is 5.15 Å². The summed E-state index contributed by atoms with van der Waals surface area (Å²) in [5, 5.41) is 8.97. The van der Waals surface area contributed by atoms with Crippen LogP contribution < -0.4 is 5.32 Å². The van der Waals surface area contributed by atoms with Gasteiger partial charge in [0.1, 0.15) is 0 Å². The van der Waals surface area contributed by atoms with Crippen LogP contribution in [0.15, 0.2) is 18.3 Å². The molecule has 0 spiro atoms. The first-order valence-electron chi connectivity index (χ1n) is 6.27. The second-order valence-corrected chi connectivity index (χ2v) is 4.66. The summed E-state index contributed by atoms with van der Waals surface area (Å²) in [6, 6.07) is 3.00. The number of aromatic nitrogens is 3. The van der Waals surface area contributed by atoms with Crippen molar-refractivity contribution < 1.29 is 9.18 Å². The van der Waals surface area contributed by atoms with E-state index >= 15 is 0 Å². The van der Waals surface area contributed by atoms with E-state index in [0.717, 1.165) is 25.0 Å². The second kappa shape index (κ2) is 6.47. The highest BCUT2D eigenvalue weighted by Crippen LogP contribution is 2.16. The molecule has 1 amide bonds. The third-order valence-electron chi connectivity index (χ3n) is 2.76. The van der Waals surface area contributed by atoms with Crippen LogP contribution in [0.5, 0.6) is 0 Å². The Balaban J connectivity index is 2.07. The fourth-order valence-corrected chi connectivity index (χ4v) is 1.86. The summed E-state index contributed by atoms with van der Waals surface area (Å²) in [6.07, 6.45) is 4.23. The summed E-state index contributed by atoms with van der Waals surface area (Å²) in [5.41, 5.74) is 0.762. The fraction of sp³-hybridized carbons (Fsp3) is 0.308. The van der Waals surface area contributed by atoms with Gasteiger partial charge in [0.15, 0.2) is 16.8 Å². The third-order valence-corrected chi connectivity index (χ3v) is 3.03. The number of rotatable bonds is 5. The van der Waals surface area contributed by atoms with E-state index in [1.54, 1.807) is 6.07 Å². The number of anilines is 1. The van der Waals surface area contributed by atoms with Crippen LogP contribution in [0.4, 0.5) is 10.2 Å². The van der Waals surface area contributed by atoms with Gasteiger partial charge in [-0.2, -0.15) is 5.10 Å². The lowest BCUT2D eigenvalue weighted by Crippen LogP contribution is -2.14. The highest BCUT2D eigenvalue weighted by Gasteiger charge is 2.16. The van der Waals surface area contributed by atoms with Gasteiger partial charge in [-0.1, -0.05) is 24.9 Å². The molecule has 2 heterocycles. The minimum Gasteiger partial charge on any atom is -0.305 e. The molecule has 2 rings (SSSR count). The molecule has 0 unspecified atom stereocenters. The normalized spacial score (nSPS) is 10.6. The molecule has 0 bridgehead atoms. The minimum atomic E-state index is -0.839. The van der Waals surface area contributed by atoms with Gasteiger partial charge in [0.05, 0.1) is 5.56 Å². The average molecular weight is 297 g/mol. The van der Waals surface area contributed by atoms with E-state index in [1.165, 1.54) is 12.3 Å². The number of hydrogen-bond donors (Lipinski definition) is 2. The molecule has 0 radical (unpaired) electrons. The summed E-state index contributed by atoms with van der Waals surface area (Å²) >= 11 is 5.53. The van der Waals surface area contributed by atoms with Crippen LogP contribution in [0.3, 0.4) is 0 Å². The quantitative estimate of drug-likeness (QED) is 0.832. The number of carbonyl (C=O) groups is 1. The standard InChI is InChI=1S/C13H14ClFN4O/c1-2-3-4-8-7-10(19-18-8)17-13(20)9-5-6-16-12(14)11(9)15/h5-7H,2-4H2,1H3,(H2,17,18,19,20). The van der Waals surface area contributed by atoms with E-state index in [0.29, 0.717) is 5.82 Å². The molecule has 7 heteroatoms. The highest BCUT2D eigenvalue weighted by molar-refractivity contribution is 6.30. The Labute approximate surface area is 120 Å². The summed E-state index contributed by atoms with van der Waals surface area (Å²) in [7, 11) is 0. The fourth-order valence-electron chi connectivity index (χ4n) is 1.70. The predicted octanol–water partition coefficient (Wildman–Crippen LogP) is 3.19. The molecule has 0 atom stereocenters. The molecule has 0 aromatic carbocycles. The number of pyridine rings is 1. The molecule has 0 saturated heterocycles. The van der Waals surface area contributed by atoms with Gasteiger partial charge in [-0.15, -0.1) is 0 Å². The number of hydrogen-bond acceptors (Lipinski definition) is 3. The van der Waals surface area contributed by atoms with Gasteiger partial charge in [0.25, 0.3) is 5.91 Å². The van der Waals surface area contributed by atoms with Crippen LogP contribution in [0.1, 0.15) is 35.8 Å². The SMILES string of the molecule is CCCCc1cc(NC(=O)c2ccnc(Cl)c2F)n[nH]1. The zero-order chi connectivity index (χ0) is 14.5. The predicted molar refractivity (Wildman–Crippen MR) is 74.4 cm³/mol. The van der Waals surface area contributed by atoms with Crippen molar-refractivity contribution in [3.05, 3.63) is 40.6 Å². The van der Waals surface area contributed by atoms with Crippen LogP contribution >= 0.6 is 11.6 Å². The molecular formula is C13H14ClFN4O. The van der Waals surface area contributed by atoms with Crippen LogP contribution in [0, 0.1) is 5.82 Å². The average Bonchev–Trinajstić information content (AvgIpc) is 2.87. The van der Waals surface area contributed by atoms with Crippen LogP contribution in [-0.4, -0.2) is 21.1 Å². The molecule has 0 fully saturated rings. The zero-order valence-electron chi connectivity index (χ0n) is 10.9. The van der Waals surface area contributed by atoms with Crippen molar-refractivity contribution in [2.45, 2.75) is 26.2 Å². The van der Waals surface area contributed by atoms with Crippen molar-refractivity contribution in [1.82, 2.24) is 15.2 Å². The summed E-state index contributed by atoms with van der Waals surface area (Å²) in [6.45, 7) is 2.09. The smallest absolute Gasteiger partial charge is 0.260 e. The molecule has 20 heavy (non-hydrogen) atoms. The Bertz CT molecular complexity index is 614. The summed E-state index contributed by atoms with van der Waals surface area (Å²) < 4.78 is 13.6. The first kappa shape index (κ1) is 14.5. The Morgan fingerprint density at radius 2 is 2.35 bits per heavy atom. The molecule has 2 N–H and O–H groups in total. The van der Waals surface area contributed by atoms with Crippen molar-refractivity contribution in [1.29, 1.82) is 0 Å². The highest BCUT2D eigenvalue weighted by atomic mass is 35.5. The lowest BCUT2D eigenvalue weighted by Gasteiger charge is -2.03. The molecular weight excluding hydrogens is 283 g/mol. The number of nitrogens with zero attached hydrogens (tertiary/aromatic N) is 2. The molecule has 0 saturated carbocycles. The van der Waals surface area contributed by atoms with E-state index in [9.17, 15) is 9.18 Å². The Morgan fingerprint density at radius 1 is 1.55 bits per heavy atom. The van der Waals surface area contributed by atoms with E-state index in [1.807, 2.05) is 0 Å². The topological polar surface area (TPSA) is 70.7 Å². The molecule has 0 aliphatic heterocycles. The molecule has 0 aliphatic carbocycles. The lowest BCUT2D eigenvalue weighted by molar-refractivity contribution is 0.102. The van der Waals surface area contributed by atoms with Gasteiger partial charge < -0.3 is 5.32 Å². The van der Waals surface area contributed by atoms with Gasteiger partial charge in [0.2, 0.25) is 0 Å². The Morgan fingerprint density at radius 3 is 3.10 bits per heavy atom. The van der Waals surface area contributed by atoms with Crippen LogP contribution in [-0.2, 0) is 6.42 Å². The molecule has 0 aliphatic rings. The van der Waals surface area contributed by atoms with E-state index in [-0.39, 0.29) is 10.7 Å². The van der Waals surface area contributed by atoms with Gasteiger partial charge in [-0.05, 0) is 18.9 Å². The van der Waals surface area contributed by atoms with Gasteiger partial charge in [-0.3, -0.25) is 9.89 Å². The van der Waals surface area contributed by atoms with Crippen molar-refractivity contribution in [3.63, 3.8) is 0 Å². The van der Waals surface area contributed by atoms with Gasteiger partial charge >= 0.3 is 0 Å². The number of carbonyl (C=O) groups excluding carboxylic acids is 1. The maximum Gasteiger partial charge on any atom is 0.260 e. The minimum absolute atomic E-state index is 0.164. The first-order chi connectivity index (χ1) is 9.61. The number of amides is 1. The maximum atomic E-state index is 13.6. The van der Waals surface area contributed by atoms with Crippen molar-refractivity contribution in [3.8, 4) is 0 Å². The number of aromatic amines is 1. The van der Waals surface area contributed by atoms with Gasteiger partial charge in [-0.25, -0.2) is 9.37 Å². The largest absolute Gasteiger partial charge is 0.305 e. The second-order valence-electron chi connectivity index (χ2n) is 4.30. The summed E-state index contributed by atoms with van der Waals surface area (Å²) in [4.78, 5) is 15.5. The third kappa shape index (κ3) is 3.33. The van der Waals surface area contributed by atoms with E-state index in [4.69, 9.17) is 11.6 Å². The molecule has 5 nitrogen and oxygen atoms in total. The monoisotopic (exact) mass is 296 g/mol. The Kier molecular flexibility index (Phi) is 4.68. The van der Waals surface area contributed by atoms with Crippen molar-refractivity contribution >= 4 is 23.3 Å². The molecule has 2 aromatic rings. The van der Waals surface area contributed by atoms with Crippen LogP contribution in [0.25, 0.3) is 0 Å². The molecule has 106 valence electrons. The lowest BCUT2D eigenvalue weighted by atomic mass is 10.2. The first-order valence-corrected chi connectivity index (χ1v) is 6.65. The van der Waals surface area contributed by atoms with Crippen molar-refractivity contribution in [2.75, 3.05) is 5.32 Å². The Hall–Kier alpha value is -1.95. The zero-order valence-corrected chi connectivity index (χ0v) is 11.7. The van der Waals surface area contributed by atoms with E-state index < -0.39 is 11.7 Å². The van der Waals surface area contributed by atoms with E-state index in [2.05, 4.69) is 27.4 Å². The molecule has 2 aromatic heterocycles. The number of nitrogens with one attached hydrogen (secondary N) is 2. The number of unbranched alkanes of at least 4 members (excludes halogenated alkanes) is 1.